The maximum absolute atomic E-state index is 12.6. The SMILES string of the molecule is CCNC(CN1CCc2ccccc2C1=O)C(C)CC. The predicted octanol–water partition coefficient (Wildman–Crippen LogP) is 2.71. The first-order valence-electron chi connectivity index (χ1n) is 7.77. The van der Waals surface area contributed by atoms with Crippen LogP contribution < -0.4 is 5.32 Å². The van der Waals surface area contributed by atoms with Gasteiger partial charge in [0.2, 0.25) is 0 Å². The van der Waals surface area contributed by atoms with E-state index in [-0.39, 0.29) is 5.91 Å². The average molecular weight is 274 g/mol. The molecule has 0 saturated heterocycles. The Morgan fingerprint density at radius 3 is 2.75 bits per heavy atom. The van der Waals surface area contributed by atoms with Crippen molar-refractivity contribution in [3.63, 3.8) is 0 Å². The summed E-state index contributed by atoms with van der Waals surface area (Å²) in [4.78, 5) is 14.6. The molecule has 110 valence electrons. The normalized spacial score (nSPS) is 17.8. The first kappa shape index (κ1) is 15.0. The van der Waals surface area contributed by atoms with Crippen molar-refractivity contribution < 1.29 is 4.79 Å². The molecule has 1 aromatic carbocycles. The smallest absolute Gasteiger partial charge is 0.254 e. The number of hydrogen-bond acceptors (Lipinski definition) is 2. The molecule has 0 aliphatic carbocycles. The quantitative estimate of drug-likeness (QED) is 0.865. The Kier molecular flexibility index (Phi) is 5.18. The van der Waals surface area contributed by atoms with Crippen molar-refractivity contribution in [3.8, 4) is 0 Å². The van der Waals surface area contributed by atoms with Crippen molar-refractivity contribution in [2.75, 3.05) is 19.6 Å². The maximum Gasteiger partial charge on any atom is 0.254 e. The third kappa shape index (κ3) is 3.21. The van der Waals surface area contributed by atoms with Gasteiger partial charge in [-0.25, -0.2) is 0 Å². The molecule has 2 unspecified atom stereocenters. The third-order valence-electron chi connectivity index (χ3n) is 4.40. The van der Waals surface area contributed by atoms with E-state index in [9.17, 15) is 4.79 Å². The zero-order valence-electron chi connectivity index (χ0n) is 12.9. The first-order chi connectivity index (χ1) is 9.67. The van der Waals surface area contributed by atoms with Crippen LogP contribution in [0.3, 0.4) is 0 Å². The van der Waals surface area contributed by atoms with Crippen LogP contribution in [-0.4, -0.2) is 36.5 Å². The zero-order chi connectivity index (χ0) is 14.5. The molecule has 1 heterocycles. The molecule has 1 aliphatic rings. The Labute approximate surface area is 122 Å². The summed E-state index contributed by atoms with van der Waals surface area (Å²) in [6.45, 7) is 9.21. The van der Waals surface area contributed by atoms with Crippen LogP contribution in [0.4, 0.5) is 0 Å². The minimum Gasteiger partial charge on any atom is -0.337 e. The molecule has 0 bridgehead atoms. The van der Waals surface area contributed by atoms with Crippen molar-refractivity contribution in [2.45, 2.75) is 39.7 Å². The van der Waals surface area contributed by atoms with Crippen molar-refractivity contribution in [1.82, 2.24) is 10.2 Å². The molecule has 0 spiro atoms. The minimum absolute atomic E-state index is 0.193. The average Bonchev–Trinajstić information content (AvgIpc) is 2.48. The van der Waals surface area contributed by atoms with Gasteiger partial charge in [0.1, 0.15) is 0 Å². The van der Waals surface area contributed by atoms with Crippen molar-refractivity contribution >= 4 is 5.91 Å². The number of amides is 1. The molecule has 0 fully saturated rings. The van der Waals surface area contributed by atoms with Gasteiger partial charge in [-0.05, 0) is 30.5 Å². The summed E-state index contributed by atoms with van der Waals surface area (Å²) in [5.41, 5.74) is 2.08. The van der Waals surface area contributed by atoms with Crippen LogP contribution in [0.5, 0.6) is 0 Å². The molecule has 3 heteroatoms. The van der Waals surface area contributed by atoms with Gasteiger partial charge in [-0.1, -0.05) is 45.4 Å². The van der Waals surface area contributed by atoms with Crippen LogP contribution in [-0.2, 0) is 6.42 Å². The largest absolute Gasteiger partial charge is 0.337 e. The lowest BCUT2D eigenvalue weighted by atomic mass is 9.95. The second kappa shape index (κ2) is 6.89. The number of likely N-dealkylation sites (N-methyl/N-ethyl adjacent to an activating group) is 1. The van der Waals surface area contributed by atoms with Gasteiger partial charge < -0.3 is 10.2 Å². The Hall–Kier alpha value is -1.35. The van der Waals surface area contributed by atoms with Gasteiger partial charge in [0.25, 0.3) is 5.91 Å². The number of nitrogens with zero attached hydrogens (tertiary/aromatic N) is 1. The van der Waals surface area contributed by atoms with Crippen LogP contribution in [0.1, 0.15) is 43.1 Å². The maximum atomic E-state index is 12.6. The number of carbonyl (C=O) groups excluding carboxylic acids is 1. The van der Waals surface area contributed by atoms with Crippen LogP contribution >= 0.6 is 0 Å². The van der Waals surface area contributed by atoms with Gasteiger partial charge >= 0.3 is 0 Å². The number of benzene rings is 1. The number of nitrogens with one attached hydrogen (secondary N) is 1. The molecule has 1 amide bonds. The van der Waals surface area contributed by atoms with Crippen molar-refractivity contribution in [2.24, 2.45) is 5.92 Å². The lowest BCUT2D eigenvalue weighted by molar-refractivity contribution is 0.0708. The Balaban J connectivity index is 2.09. The fourth-order valence-electron chi connectivity index (χ4n) is 2.88. The summed E-state index contributed by atoms with van der Waals surface area (Å²) in [6, 6.07) is 8.38. The highest BCUT2D eigenvalue weighted by molar-refractivity contribution is 5.96. The second-order valence-corrected chi connectivity index (χ2v) is 5.71. The van der Waals surface area contributed by atoms with E-state index >= 15 is 0 Å². The highest BCUT2D eigenvalue weighted by atomic mass is 16.2. The molecule has 1 aliphatic heterocycles. The molecule has 0 radical (unpaired) electrons. The standard InChI is InChI=1S/C17H26N2O/c1-4-13(3)16(18-5-2)12-19-11-10-14-8-6-7-9-15(14)17(19)20/h6-9,13,16,18H,4-5,10-12H2,1-3H3. The highest BCUT2D eigenvalue weighted by Gasteiger charge is 2.27. The molecule has 2 atom stereocenters. The van der Waals surface area contributed by atoms with E-state index in [1.807, 2.05) is 23.1 Å². The molecule has 0 aromatic heterocycles. The van der Waals surface area contributed by atoms with Crippen molar-refractivity contribution in [1.29, 1.82) is 0 Å². The summed E-state index contributed by atoms with van der Waals surface area (Å²) in [5.74, 6) is 0.776. The summed E-state index contributed by atoms with van der Waals surface area (Å²) in [6.07, 6.45) is 2.11. The van der Waals surface area contributed by atoms with E-state index in [4.69, 9.17) is 0 Å². The Morgan fingerprint density at radius 1 is 1.30 bits per heavy atom. The first-order valence-corrected chi connectivity index (χ1v) is 7.77. The molecule has 1 aromatic rings. The zero-order valence-corrected chi connectivity index (χ0v) is 12.9. The lowest BCUT2D eigenvalue weighted by Gasteiger charge is -2.34. The monoisotopic (exact) mass is 274 g/mol. The molecule has 1 N–H and O–H groups in total. The summed E-state index contributed by atoms with van der Waals surface area (Å²) < 4.78 is 0. The number of rotatable bonds is 6. The van der Waals surface area contributed by atoms with Crippen molar-refractivity contribution in [3.05, 3.63) is 35.4 Å². The summed E-state index contributed by atoms with van der Waals surface area (Å²) in [5, 5.41) is 3.53. The van der Waals surface area contributed by atoms with E-state index in [0.29, 0.717) is 12.0 Å². The molecular weight excluding hydrogens is 248 g/mol. The van der Waals surface area contributed by atoms with E-state index in [0.717, 1.165) is 38.0 Å². The topological polar surface area (TPSA) is 32.3 Å². The minimum atomic E-state index is 0.193. The van der Waals surface area contributed by atoms with Gasteiger partial charge in [-0.15, -0.1) is 0 Å². The Morgan fingerprint density at radius 2 is 2.05 bits per heavy atom. The highest BCUT2D eigenvalue weighted by Crippen LogP contribution is 2.20. The number of carbonyl (C=O) groups is 1. The lowest BCUT2D eigenvalue weighted by Crippen LogP contribution is -2.49. The number of hydrogen-bond donors (Lipinski definition) is 1. The van der Waals surface area contributed by atoms with E-state index in [1.165, 1.54) is 5.56 Å². The molecule has 3 nitrogen and oxygen atoms in total. The summed E-state index contributed by atoms with van der Waals surface area (Å²) in [7, 11) is 0. The van der Waals surface area contributed by atoms with E-state index in [2.05, 4.69) is 32.2 Å². The van der Waals surface area contributed by atoms with Gasteiger partial charge in [-0.2, -0.15) is 0 Å². The van der Waals surface area contributed by atoms with Gasteiger partial charge in [0.05, 0.1) is 0 Å². The predicted molar refractivity (Wildman–Crippen MR) is 83.0 cm³/mol. The molecular formula is C17H26N2O. The van der Waals surface area contributed by atoms with Crippen LogP contribution in [0, 0.1) is 5.92 Å². The fraction of sp³-hybridized carbons (Fsp3) is 0.588. The van der Waals surface area contributed by atoms with Gasteiger partial charge in [0.15, 0.2) is 0 Å². The Bertz CT molecular complexity index is 458. The van der Waals surface area contributed by atoms with Crippen LogP contribution in [0.2, 0.25) is 0 Å². The van der Waals surface area contributed by atoms with E-state index < -0.39 is 0 Å². The van der Waals surface area contributed by atoms with E-state index in [1.54, 1.807) is 0 Å². The van der Waals surface area contributed by atoms with Gasteiger partial charge in [-0.3, -0.25) is 4.79 Å². The molecule has 20 heavy (non-hydrogen) atoms. The summed E-state index contributed by atoms with van der Waals surface area (Å²) >= 11 is 0. The van der Waals surface area contributed by atoms with Gasteiger partial charge in [0, 0.05) is 24.7 Å². The van der Waals surface area contributed by atoms with Crippen LogP contribution in [0.25, 0.3) is 0 Å². The fourth-order valence-corrected chi connectivity index (χ4v) is 2.88. The van der Waals surface area contributed by atoms with Crippen LogP contribution in [0.15, 0.2) is 24.3 Å². The third-order valence-corrected chi connectivity index (χ3v) is 4.40. The second-order valence-electron chi connectivity index (χ2n) is 5.71. The number of fused-ring (bicyclic) bond motifs is 1. The molecule has 2 rings (SSSR count). The molecule has 0 saturated carbocycles.